The van der Waals surface area contributed by atoms with E-state index in [0.717, 1.165) is 12.5 Å². The summed E-state index contributed by atoms with van der Waals surface area (Å²) in [5.41, 5.74) is 5.22. The number of hydrogen-bond acceptors (Lipinski definition) is 1. The number of aryl methyl sites for hydroxylation is 2. The summed E-state index contributed by atoms with van der Waals surface area (Å²) in [6.45, 7) is 8.16. The van der Waals surface area contributed by atoms with Crippen molar-refractivity contribution in [1.29, 1.82) is 0 Å². The third-order valence-electron chi connectivity index (χ3n) is 5.25. The third kappa shape index (κ3) is 3.09. The highest BCUT2D eigenvalue weighted by Crippen LogP contribution is 2.47. The topological polar surface area (TPSA) is 12.0 Å². The van der Waals surface area contributed by atoms with Crippen LogP contribution in [0.1, 0.15) is 56.7 Å². The van der Waals surface area contributed by atoms with E-state index in [1.165, 1.54) is 38.5 Å². The van der Waals surface area contributed by atoms with Crippen molar-refractivity contribution in [2.24, 2.45) is 11.3 Å². The molecule has 1 aromatic carbocycles. The van der Waals surface area contributed by atoms with Gasteiger partial charge >= 0.3 is 0 Å². The second-order valence-corrected chi connectivity index (χ2v) is 7.60. The van der Waals surface area contributed by atoms with Gasteiger partial charge in [-0.1, -0.05) is 39.0 Å². The minimum Gasteiger partial charge on any atom is -0.314 e. The van der Waals surface area contributed by atoms with Gasteiger partial charge in [0.05, 0.1) is 0 Å². The highest BCUT2D eigenvalue weighted by Gasteiger charge is 2.41. The predicted molar refractivity (Wildman–Crippen MR) is 86.1 cm³/mol. The Morgan fingerprint density at radius 3 is 2.65 bits per heavy atom. The van der Waals surface area contributed by atoms with Crippen LogP contribution < -0.4 is 5.32 Å². The van der Waals surface area contributed by atoms with Crippen LogP contribution in [0.25, 0.3) is 0 Å². The first kappa shape index (κ1) is 14.1. The molecule has 0 aliphatic heterocycles. The zero-order valence-corrected chi connectivity index (χ0v) is 13.3. The molecule has 1 unspecified atom stereocenters. The molecule has 1 aromatic rings. The maximum absolute atomic E-state index is 3.68. The van der Waals surface area contributed by atoms with Crippen molar-refractivity contribution in [3.8, 4) is 0 Å². The summed E-state index contributed by atoms with van der Waals surface area (Å²) in [4.78, 5) is 0. The van der Waals surface area contributed by atoms with Crippen LogP contribution in [-0.4, -0.2) is 12.6 Å². The second kappa shape index (κ2) is 5.52. The molecule has 2 aliphatic carbocycles. The Morgan fingerprint density at radius 1 is 1.20 bits per heavy atom. The SMILES string of the molecule is CC(C)NCC(C)(Cc1ccc2c(c1)CCC2)C1CC1. The summed E-state index contributed by atoms with van der Waals surface area (Å²) < 4.78 is 0. The number of benzene rings is 1. The van der Waals surface area contributed by atoms with Crippen molar-refractivity contribution >= 4 is 0 Å². The Bertz CT molecular complexity index is 473. The Kier molecular flexibility index (Phi) is 3.90. The lowest BCUT2D eigenvalue weighted by Gasteiger charge is -2.31. The average Bonchev–Trinajstić information content (AvgIpc) is 3.17. The van der Waals surface area contributed by atoms with Crippen molar-refractivity contribution in [3.63, 3.8) is 0 Å². The standard InChI is InChI=1S/C19H29N/c1-14(2)20-13-19(3,18-9-10-18)12-15-7-8-16-5-4-6-17(16)11-15/h7-8,11,14,18,20H,4-6,9-10,12-13H2,1-3H3. The van der Waals surface area contributed by atoms with Crippen LogP contribution >= 0.6 is 0 Å². The fourth-order valence-electron chi connectivity index (χ4n) is 3.77. The van der Waals surface area contributed by atoms with Crippen LogP contribution in [0.3, 0.4) is 0 Å². The average molecular weight is 271 g/mol. The molecule has 3 rings (SSSR count). The summed E-state index contributed by atoms with van der Waals surface area (Å²) in [7, 11) is 0. The van der Waals surface area contributed by atoms with Gasteiger partial charge in [-0.3, -0.25) is 0 Å². The molecule has 1 saturated carbocycles. The molecule has 0 spiro atoms. The van der Waals surface area contributed by atoms with E-state index in [1.54, 1.807) is 16.7 Å². The monoisotopic (exact) mass is 271 g/mol. The lowest BCUT2D eigenvalue weighted by Crippen LogP contribution is -2.38. The summed E-state index contributed by atoms with van der Waals surface area (Å²) in [6.07, 6.45) is 8.05. The zero-order chi connectivity index (χ0) is 14.2. The van der Waals surface area contributed by atoms with Crippen LogP contribution in [0.15, 0.2) is 18.2 Å². The lowest BCUT2D eigenvalue weighted by molar-refractivity contribution is 0.248. The van der Waals surface area contributed by atoms with E-state index in [-0.39, 0.29) is 0 Å². The van der Waals surface area contributed by atoms with Gasteiger partial charge in [-0.2, -0.15) is 0 Å². The number of nitrogens with one attached hydrogen (secondary N) is 1. The second-order valence-electron chi connectivity index (χ2n) is 7.60. The minimum atomic E-state index is 0.442. The van der Waals surface area contributed by atoms with E-state index in [9.17, 15) is 0 Å². The normalized spacial score (nSPS) is 21.0. The van der Waals surface area contributed by atoms with Gasteiger partial charge in [-0.05, 0) is 66.5 Å². The number of hydrogen-bond donors (Lipinski definition) is 1. The largest absolute Gasteiger partial charge is 0.314 e. The van der Waals surface area contributed by atoms with Gasteiger partial charge in [0, 0.05) is 12.6 Å². The highest BCUT2D eigenvalue weighted by molar-refractivity contribution is 5.35. The van der Waals surface area contributed by atoms with Crippen molar-refractivity contribution in [2.75, 3.05) is 6.54 Å². The summed E-state index contributed by atoms with van der Waals surface area (Å²) in [5, 5.41) is 3.68. The first-order valence-corrected chi connectivity index (χ1v) is 8.41. The molecule has 0 saturated heterocycles. The lowest BCUT2D eigenvalue weighted by atomic mass is 9.78. The van der Waals surface area contributed by atoms with E-state index < -0.39 is 0 Å². The van der Waals surface area contributed by atoms with Crippen molar-refractivity contribution < 1.29 is 0 Å². The maximum Gasteiger partial charge on any atom is 0.00134 e. The first-order valence-electron chi connectivity index (χ1n) is 8.41. The summed E-state index contributed by atoms with van der Waals surface area (Å²) in [6, 6.07) is 7.87. The van der Waals surface area contributed by atoms with Crippen molar-refractivity contribution in [1.82, 2.24) is 5.32 Å². The Hall–Kier alpha value is -0.820. The van der Waals surface area contributed by atoms with E-state index in [2.05, 4.69) is 44.3 Å². The third-order valence-corrected chi connectivity index (χ3v) is 5.25. The molecule has 110 valence electrons. The van der Waals surface area contributed by atoms with E-state index in [0.29, 0.717) is 11.5 Å². The molecule has 1 nitrogen and oxygen atoms in total. The molecule has 0 aromatic heterocycles. The maximum atomic E-state index is 3.68. The zero-order valence-electron chi connectivity index (χ0n) is 13.3. The van der Waals surface area contributed by atoms with Crippen molar-refractivity contribution in [3.05, 3.63) is 34.9 Å². The Morgan fingerprint density at radius 2 is 1.95 bits per heavy atom. The van der Waals surface area contributed by atoms with Crippen LogP contribution in [0.5, 0.6) is 0 Å². The molecular weight excluding hydrogens is 242 g/mol. The van der Waals surface area contributed by atoms with Crippen LogP contribution in [0, 0.1) is 11.3 Å². The van der Waals surface area contributed by atoms with Gasteiger partial charge in [-0.25, -0.2) is 0 Å². The van der Waals surface area contributed by atoms with E-state index >= 15 is 0 Å². The Balaban J connectivity index is 1.72. The molecule has 1 heteroatoms. The van der Waals surface area contributed by atoms with Crippen LogP contribution in [0.2, 0.25) is 0 Å². The highest BCUT2D eigenvalue weighted by atomic mass is 14.9. The molecule has 2 aliphatic rings. The number of rotatable bonds is 6. The van der Waals surface area contributed by atoms with Gasteiger partial charge in [0.1, 0.15) is 0 Å². The summed E-state index contributed by atoms with van der Waals surface area (Å²) in [5.74, 6) is 0.932. The van der Waals surface area contributed by atoms with Gasteiger partial charge in [0.2, 0.25) is 0 Å². The molecule has 0 heterocycles. The van der Waals surface area contributed by atoms with E-state index in [4.69, 9.17) is 0 Å². The molecule has 20 heavy (non-hydrogen) atoms. The fraction of sp³-hybridized carbons (Fsp3) is 0.684. The molecule has 1 atom stereocenters. The van der Waals surface area contributed by atoms with Gasteiger partial charge in [-0.15, -0.1) is 0 Å². The van der Waals surface area contributed by atoms with E-state index in [1.807, 2.05) is 0 Å². The smallest absolute Gasteiger partial charge is 0.00134 e. The van der Waals surface area contributed by atoms with Crippen LogP contribution in [0.4, 0.5) is 0 Å². The molecule has 0 amide bonds. The molecule has 1 fully saturated rings. The van der Waals surface area contributed by atoms with Gasteiger partial charge in [0.15, 0.2) is 0 Å². The Labute approximate surface area is 124 Å². The predicted octanol–water partition coefficient (Wildman–Crippen LogP) is 4.13. The molecule has 0 bridgehead atoms. The van der Waals surface area contributed by atoms with Crippen LogP contribution in [-0.2, 0) is 19.3 Å². The van der Waals surface area contributed by atoms with Crippen molar-refractivity contribution in [2.45, 2.75) is 65.3 Å². The first-order chi connectivity index (χ1) is 9.57. The quantitative estimate of drug-likeness (QED) is 0.820. The minimum absolute atomic E-state index is 0.442. The molecule has 0 radical (unpaired) electrons. The van der Waals surface area contributed by atoms with Gasteiger partial charge in [0.25, 0.3) is 0 Å². The van der Waals surface area contributed by atoms with Gasteiger partial charge < -0.3 is 5.32 Å². The molecule has 1 N–H and O–H groups in total. The summed E-state index contributed by atoms with van der Waals surface area (Å²) >= 11 is 0. The molecular formula is C19H29N. The fourth-order valence-corrected chi connectivity index (χ4v) is 3.77. The number of fused-ring (bicyclic) bond motifs is 1.